The van der Waals surface area contributed by atoms with Crippen LogP contribution in [0.2, 0.25) is 0 Å². The molecule has 1 amide bonds. The van der Waals surface area contributed by atoms with Gasteiger partial charge in [0.1, 0.15) is 6.04 Å². The van der Waals surface area contributed by atoms with Crippen molar-refractivity contribution in [2.24, 2.45) is 0 Å². The van der Waals surface area contributed by atoms with E-state index in [9.17, 15) is 9.59 Å². The van der Waals surface area contributed by atoms with E-state index in [0.29, 0.717) is 6.42 Å². The molecular formula is C13H23ClN2O3. The summed E-state index contributed by atoms with van der Waals surface area (Å²) in [5, 5.41) is 9.09. The molecule has 1 N–H and O–H groups in total. The first kappa shape index (κ1) is 16.2. The van der Waals surface area contributed by atoms with Crippen molar-refractivity contribution in [3.63, 3.8) is 0 Å². The van der Waals surface area contributed by atoms with Gasteiger partial charge >= 0.3 is 5.97 Å². The Labute approximate surface area is 120 Å². The molecular weight excluding hydrogens is 268 g/mol. The first-order valence-electron chi connectivity index (χ1n) is 6.93. The summed E-state index contributed by atoms with van der Waals surface area (Å²) in [5.74, 6) is -0.693. The van der Waals surface area contributed by atoms with Gasteiger partial charge < -0.3 is 10.0 Å². The third-order valence-corrected chi connectivity index (χ3v) is 3.95. The summed E-state index contributed by atoms with van der Waals surface area (Å²) in [5.41, 5.74) is 0. The van der Waals surface area contributed by atoms with E-state index in [2.05, 4.69) is 0 Å². The molecule has 2 rings (SSSR count). The molecule has 0 spiro atoms. The number of likely N-dealkylation sites (tertiary alicyclic amines) is 2. The van der Waals surface area contributed by atoms with Crippen LogP contribution in [0.4, 0.5) is 0 Å². The summed E-state index contributed by atoms with van der Waals surface area (Å²) in [6, 6.07) is -0.457. The lowest BCUT2D eigenvalue weighted by atomic mass is 10.2. The number of carboxylic acids is 1. The van der Waals surface area contributed by atoms with Crippen LogP contribution in [0.15, 0.2) is 0 Å². The minimum absolute atomic E-state index is 0. The van der Waals surface area contributed by atoms with Crippen LogP contribution in [-0.2, 0) is 9.59 Å². The average molecular weight is 291 g/mol. The second-order valence-electron chi connectivity index (χ2n) is 5.26. The molecule has 2 aliphatic rings. The van der Waals surface area contributed by atoms with Crippen LogP contribution in [0.25, 0.3) is 0 Å². The zero-order chi connectivity index (χ0) is 13.0. The predicted molar refractivity (Wildman–Crippen MR) is 74.5 cm³/mol. The van der Waals surface area contributed by atoms with E-state index in [4.69, 9.17) is 5.11 Å². The van der Waals surface area contributed by atoms with Crippen molar-refractivity contribution >= 4 is 24.3 Å². The van der Waals surface area contributed by atoms with E-state index in [1.165, 1.54) is 12.8 Å². The van der Waals surface area contributed by atoms with Gasteiger partial charge in [0.15, 0.2) is 0 Å². The van der Waals surface area contributed by atoms with Crippen molar-refractivity contribution in [2.75, 3.05) is 26.2 Å². The zero-order valence-corrected chi connectivity index (χ0v) is 12.0. The highest BCUT2D eigenvalue weighted by Crippen LogP contribution is 2.18. The highest BCUT2D eigenvalue weighted by molar-refractivity contribution is 5.85. The van der Waals surface area contributed by atoms with E-state index in [1.807, 2.05) is 9.80 Å². The highest BCUT2D eigenvalue weighted by Gasteiger charge is 2.32. The van der Waals surface area contributed by atoms with Gasteiger partial charge in [0.2, 0.25) is 5.91 Å². The minimum Gasteiger partial charge on any atom is -0.480 e. The SMILES string of the molecule is Cl.O=C(O)[C@@H]1CCCN1CC(=O)N1CCCCCC1. The van der Waals surface area contributed by atoms with E-state index >= 15 is 0 Å². The van der Waals surface area contributed by atoms with Gasteiger partial charge in [0.05, 0.1) is 6.54 Å². The Bertz CT molecular complexity index is 317. The Hall–Kier alpha value is -0.810. The van der Waals surface area contributed by atoms with Crippen molar-refractivity contribution < 1.29 is 14.7 Å². The fraction of sp³-hybridized carbons (Fsp3) is 0.846. The fourth-order valence-electron chi connectivity index (χ4n) is 2.89. The van der Waals surface area contributed by atoms with E-state index in [-0.39, 0.29) is 24.9 Å². The Morgan fingerprint density at radius 3 is 2.21 bits per heavy atom. The normalized spacial score (nSPS) is 24.6. The highest BCUT2D eigenvalue weighted by atomic mass is 35.5. The summed E-state index contributed by atoms with van der Waals surface area (Å²) in [4.78, 5) is 26.9. The van der Waals surface area contributed by atoms with Gasteiger partial charge in [-0.15, -0.1) is 12.4 Å². The summed E-state index contributed by atoms with van der Waals surface area (Å²) < 4.78 is 0. The molecule has 2 fully saturated rings. The van der Waals surface area contributed by atoms with E-state index in [1.54, 1.807) is 0 Å². The monoisotopic (exact) mass is 290 g/mol. The summed E-state index contributed by atoms with van der Waals surface area (Å²) in [6.07, 6.45) is 6.10. The van der Waals surface area contributed by atoms with Crippen LogP contribution in [-0.4, -0.2) is 59.0 Å². The van der Waals surface area contributed by atoms with Gasteiger partial charge in [-0.3, -0.25) is 14.5 Å². The fourth-order valence-corrected chi connectivity index (χ4v) is 2.89. The van der Waals surface area contributed by atoms with Gasteiger partial charge in [-0.05, 0) is 32.2 Å². The molecule has 0 aromatic carbocycles. The molecule has 0 bridgehead atoms. The topological polar surface area (TPSA) is 60.9 Å². The lowest BCUT2D eigenvalue weighted by Crippen LogP contribution is -2.44. The second-order valence-corrected chi connectivity index (χ2v) is 5.26. The second kappa shape index (κ2) is 7.70. The quantitative estimate of drug-likeness (QED) is 0.852. The Balaban J connectivity index is 0.00000180. The number of halogens is 1. The molecule has 0 aliphatic carbocycles. The standard InChI is InChI=1S/C13H22N2O3.ClH/c16-12(14-7-3-1-2-4-8-14)10-15-9-5-6-11(15)13(17)18;/h11H,1-10H2,(H,17,18);1H/t11-;/m0./s1. The summed E-state index contributed by atoms with van der Waals surface area (Å²) in [6.45, 7) is 2.68. The lowest BCUT2D eigenvalue weighted by Gasteiger charge is -2.26. The average Bonchev–Trinajstić information content (AvgIpc) is 2.63. The molecule has 0 unspecified atom stereocenters. The maximum atomic E-state index is 12.2. The molecule has 6 heteroatoms. The van der Waals surface area contributed by atoms with Gasteiger partial charge in [-0.1, -0.05) is 12.8 Å². The van der Waals surface area contributed by atoms with Crippen molar-refractivity contribution in [2.45, 2.75) is 44.6 Å². The van der Waals surface area contributed by atoms with Crippen LogP contribution < -0.4 is 0 Å². The Morgan fingerprint density at radius 2 is 1.63 bits per heavy atom. The first-order valence-corrected chi connectivity index (χ1v) is 6.93. The number of hydrogen-bond donors (Lipinski definition) is 1. The van der Waals surface area contributed by atoms with Gasteiger partial charge in [0, 0.05) is 13.1 Å². The molecule has 2 saturated heterocycles. The molecule has 1 atom stereocenters. The first-order chi connectivity index (χ1) is 8.68. The smallest absolute Gasteiger partial charge is 0.320 e. The molecule has 0 radical (unpaired) electrons. The predicted octanol–water partition coefficient (Wildman–Crippen LogP) is 1.36. The third-order valence-electron chi connectivity index (χ3n) is 3.95. The lowest BCUT2D eigenvalue weighted by molar-refractivity contribution is -0.143. The van der Waals surface area contributed by atoms with Crippen LogP contribution in [0.3, 0.4) is 0 Å². The maximum Gasteiger partial charge on any atom is 0.320 e. The molecule has 2 heterocycles. The number of rotatable bonds is 3. The largest absolute Gasteiger partial charge is 0.480 e. The van der Waals surface area contributed by atoms with E-state index < -0.39 is 12.0 Å². The van der Waals surface area contributed by atoms with Crippen molar-refractivity contribution in [1.82, 2.24) is 9.80 Å². The number of aliphatic carboxylic acids is 1. The molecule has 0 saturated carbocycles. The van der Waals surface area contributed by atoms with Gasteiger partial charge in [-0.25, -0.2) is 0 Å². The number of carbonyl (C=O) groups excluding carboxylic acids is 1. The Morgan fingerprint density at radius 1 is 1.00 bits per heavy atom. The Kier molecular flexibility index (Phi) is 6.58. The number of amides is 1. The summed E-state index contributed by atoms with van der Waals surface area (Å²) in [7, 11) is 0. The van der Waals surface area contributed by atoms with Crippen molar-refractivity contribution in [3.8, 4) is 0 Å². The summed E-state index contributed by atoms with van der Waals surface area (Å²) >= 11 is 0. The molecule has 2 aliphatic heterocycles. The molecule has 19 heavy (non-hydrogen) atoms. The van der Waals surface area contributed by atoms with Crippen LogP contribution in [0, 0.1) is 0 Å². The van der Waals surface area contributed by atoms with Crippen LogP contribution in [0.1, 0.15) is 38.5 Å². The van der Waals surface area contributed by atoms with Gasteiger partial charge in [-0.2, -0.15) is 0 Å². The molecule has 0 aromatic rings. The number of nitrogens with zero attached hydrogens (tertiary/aromatic N) is 2. The minimum atomic E-state index is -0.795. The molecule has 5 nitrogen and oxygen atoms in total. The van der Waals surface area contributed by atoms with Crippen molar-refractivity contribution in [1.29, 1.82) is 0 Å². The number of carbonyl (C=O) groups is 2. The zero-order valence-electron chi connectivity index (χ0n) is 11.2. The molecule has 0 aromatic heterocycles. The third kappa shape index (κ3) is 4.35. The van der Waals surface area contributed by atoms with Crippen LogP contribution in [0.5, 0.6) is 0 Å². The van der Waals surface area contributed by atoms with Crippen LogP contribution >= 0.6 is 12.4 Å². The molecule has 110 valence electrons. The van der Waals surface area contributed by atoms with E-state index in [0.717, 1.165) is 38.9 Å². The van der Waals surface area contributed by atoms with Gasteiger partial charge in [0.25, 0.3) is 0 Å². The maximum absolute atomic E-state index is 12.2. The van der Waals surface area contributed by atoms with Crippen molar-refractivity contribution in [3.05, 3.63) is 0 Å². The number of carboxylic acid groups (broad SMARTS) is 1. The number of hydrogen-bond acceptors (Lipinski definition) is 3.